The van der Waals surface area contributed by atoms with E-state index in [-0.39, 0.29) is 5.43 Å². The molecule has 1 aromatic carbocycles. The Hall–Kier alpha value is -0.360. The molecule has 3 rings (SSSR count). The minimum absolute atomic E-state index is 0.207. The maximum absolute atomic E-state index is 12.5. The highest BCUT2D eigenvalue weighted by molar-refractivity contribution is 14.1. The SMILES string of the molecule is O=c1c2c([nH]c3c(I)ccc(Br)c13)CCCC2. The van der Waals surface area contributed by atoms with Crippen molar-refractivity contribution < 1.29 is 0 Å². The van der Waals surface area contributed by atoms with E-state index in [0.29, 0.717) is 0 Å². The molecular formula is C13H11BrINO. The van der Waals surface area contributed by atoms with Crippen LogP contribution in [0.25, 0.3) is 10.9 Å². The molecule has 17 heavy (non-hydrogen) atoms. The molecule has 0 fully saturated rings. The van der Waals surface area contributed by atoms with Gasteiger partial charge in [-0.1, -0.05) is 0 Å². The number of pyridine rings is 1. The van der Waals surface area contributed by atoms with Gasteiger partial charge in [0.15, 0.2) is 5.43 Å². The molecule has 0 bridgehead atoms. The molecule has 0 spiro atoms. The van der Waals surface area contributed by atoms with E-state index in [2.05, 4.69) is 43.5 Å². The van der Waals surface area contributed by atoms with Crippen LogP contribution in [0.1, 0.15) is 24.1 Å². The molecule has 0 saturated carbocycles. The number of nitrogens with one attached hydrogen (secondary N) is 1. The van der Waals surface area contributed by atoms with Crippen LogP contribution < -0.4 is 5.43 Å². The molecule has 0 atom stereocenters. The van der Waals surface area contributed by atoms with Gasteiger partial charge in [-0.25, -0.2) is 0 Å². The van der Waals surface area contributed by atoms with Gasteiger partial charge in [0, 0.05) is 19.3 Å². The second kappa shape index (κ2) is 4.39. The van der Waals surface area contributed by atoms with Crippen LogP contribution in [0.4, 0.5) is 0 Å². The molecule has 1 aliphatic rings. The first-order valence-corrected chi connectivity index (χ1v) is 7.57. The Morgan fingerprint density at radius 3 is 2.82 bits per heavy atom. The molecule has 0 saturated heterocycles. The molecule has 1 aromatic heterocycles. The number of benzene rings is 1. The third-order valence-corrected chi connectivity index (χ3v) is 4.91. The maximum Gasteiger partial charge on any atom is 0.194 e. The topological polar surface area (TPSA) is 32.9 Å². The molecule has 2 nitrogen and oxygen atoms in total. The van der Waals surface area contributed by atoms with E-state index in [1.807, 2.05) is 12.1 Å². The number of hydrogen-bond donors (Lipinski definition) is 1. The fourth-order valence-electron chi connectivity index (χ4n) is 2.49. The van der Waals surface area contributed by atoms with Crippen LogP contribution in [0.3, 0.4) is 0 Å². The van der Waals surface area contributed by atoms with Crippen LogP contribution in [0.15, 0.2) is 21.4 Å². The summed E-state index contributed by atoms with van der Waals surface area (Å²) in [5.74, 6) is 0. The van der Waals surface area contributed by atoms with Gasteiger partial charge in [-0.05, 0) is 76.3 Å². The van der Waals surface area contributed by atoms with E-state index in [9.17, 15) is 4.79 Å². The molecule has 0 radical (unpaired) electrons. The average Bonchev–Trinajstić information content (AvgIpc) is 2.34. The summed E-state index contributed by atoms with van der Waals surface area (Å²) in [5, 5.41) is 0.803. The molecule has 1 aliphatic carbocycles. The second-order valence-corrected chi connectivity index (χ2v) is 6.41. The summed E-state index contributed by atoms with van der Waals surface area (Å²) in [4.78, 5) is 16.0. The molecule has 1 N–H and O–H groups in total. The molecule has 2 aromatic rings. The number of halogens is 2. The normalized spacial score (nSPS) is 14.9. The van der Waals surface area contributed by atoms with E-state index in [1.54, 1.807) is 0 Å². The Bertz CT molecular complexity index is 662. The number of aromatic nitrogens is 1. The van der Waals surface area contributed by atoms with Gasteiger partial charge in [-0.3, -0.25) is 4.79 Å². The summed E-state index contributed by atoms with van der Waals surface area (Å²) >= 11 is 5.76. The third-order valence-electron chi connectivity index (χ3n) is 3.35. The van der Waals surface area contributed by atoms with Crippen molar-refractivity contribution in [2.75, 3.05) is 0 Å². The summed E-state index contributed by atoms with van der Waals surface area (Å²) in [7, 11) is 0. The molecule has 0 amide bonds. The van der Waals surface area contributed by atoms with E-state index in [4.69, 9.17) is 0 Å². The second-order valence-electron chi connectivity index (χ2n) is 4.40. The monoisotopic (exact) mass is 403 g/mol. The standard InChI is InChI=1S/C13H11BrINO/c14-8-5-6-9(15)12-11(8)13(17)7-3-1-2-4-10(7)16-12/h5-6H,1-4H2,(H,16,17). The lowest BCUT2D eigenvalue weighted by Gasteiger charge is -2.16. The van der Waals surface area contributed by atoms with Gasteiger partial charge in [-0.15, -0.1) is 0 Å². The van der Waals surface area contributed by atoms with Gasteiger partial charge < -0.3 is 4.98 Å². The van der Waals surface area contributed by atoms with E-state index < -0.39 is 0 Å². The Morgan fingerprint density at radius 1 is 1.24 bits per heavy atom. The van der Waals surface area contributed by atoms with E-state index >= 15 is 0 Å². The van der Waals surface area contributed by atoms with Crippen LogP contribution in [0.2, 0.25) is 0 Å². The maximum atomic E-state index is 12.5. The highest BCUT2D eigenvalue weighted by atomic mass is 127. The highest BCUT2D eigenvalue weighted by Crippen LogP contribution is 2.27. The van der Waals surface area contributed by atoms with Crippen molar-refractivity contribution in [2.45, 2.75) is 25.7 Å². The van der Waals surface area contributed by atoms with Crippen molar-refractivity contribution in [1.82, 2.24) is 4.98 Å². The summed E-state index contributed by atoms with van der Waals surface area (Å²) in [6.45, 7) is 0. The lowest BCUT2D eigenvalue weighted by atomic mass is 9.94. The van der Waals surface area contributed by atoms with Gasteiger partial charge >= 0.3 is 0 Å². The smallest absolute Gasteiger partial charge is 0.194 e. The molecule has 4 heteroatoms. The van der Waals surface area contributed by atoms with Crippen molar-refractivity contribution in [1.29, 1.82) is 0 Å². The number of fused-ring (bicyclic) bond motifs is 2. The van der Waals surface area contributed by atoms with Gasteiger partial charge in [0.25, 0.3) is 0 Å². The lowest BCUT2D eigenvalue weighted by molar-refractivity contribution is 0.667. The van der Waals surface area contributed by atoms with Gasteiger partial charge in [0.2, 0.25) is 0 Å². The van der Waals surface area contributed by atoms with Crippen LogP contribution in [-0.4, -0.2) is 4.98 Å². The fourth-order valence-corrected chi connectivity index (χ4v) is 3.59. The zero-order valence-electron chi connectivity index (χ0n) is 9.15. The van der Waals surface area contributed by atoms with E-state index in [0.717, 1.165) is 49.5 Å². The first-order valence-electron chi connectivity index (χ1n) is 5.70. The summed E-state index contributed by atoms with van der Waals surface area (Å²) in [5.41, 5.74) is 3.32. The number of aryl methyl sites for hydroxylation is 1. The Labute approximate surface area is 121 Å². The molecule has 1 heterocycles. The number of rotatable bonds is 0. The van der Waals surface area contributed by atoms with Crippen molar-refractivity contribution in [3.63, 3.8) is 0 Å². The number of hydrogen-bond acceptors (Lipinski definition) is 1. The highest BCUT2D eigenvalue weighted by Gasteiger charge is 2.17. The Balaban J connectivity index is 2.48. The number of aromatic amines is 1. The summed E-state index contributed by atoms with van der Waals surface area (Å²) in [6, 6.07) is 3.98. The van der Waals surface area contributed by atoms with Crippen LogP contribution in [0.5, 0.6) is 0 Å². The Kier molecular flexibility index (Phi) is 3.02. The fraction of sp³-hybridized carbons (Fsp3) is 0.308. The van der Waals surface area contributed by atoms with Crippen molar-refractivity contribution in [3.8, 4) is 0 Å². The summed E-state index contributed by atoms with van der Waals surface area (Å²) in [6.07, 6.45) is 4.23. The van der Waals surface area contributed by atoms with Crippen molar-refractivity contribution in [3.05, 3.63) is 41.7 Å². The zero-order valence-corrected chi connectivity index (χ0v) is 12.9. The predicted octanol–water partition coefficient (Wildman–Crippen LogP) is 3.77. The largest absolute Gasteiger partial charge is 0.357 e. The van der Waals surface area contributed by atoms with Crippen LogP contribution >= 0.6 is 38.5 Å². The minimum Gasteiger partial charge on any atom is -0.357 e. The molecule has 0 unspecified atom stereocenters. The van der Waals surface area contributed by atoms with Gasteiger partial charge in [0.1, 0.15) is 0 Å². The van der Waals surface area contributed by atoms with Crippen molar-refractivity contribution in [2.24, 2.45) is 0 Å². The van der Waals surface area contributed by atoms with Gasteiger partial charge in [0.05, 0.1) is 10.9 Å². The van der Waals surface area contributed by atoms with E-state index in [1.165, 1.54) is 6.42 Å². The zero-order chi connectivity index (χ0) is 12.0. The van der Waals surface area contributed by atoms with Crippen LogP contribution in [-0.2, 0) is 12.8 Å². The average molecular weight is 404 g/mol. The number of H-pyrrole nitrogens is 1. The Morgan fingerprint density at radius 2 is 2.00 bits per heavy atom. The summed E-state index contributed by atoms with van der Waals surface area (Å²) < 4.78 is 1.99. The quantitative estimate of drug-likeness (QED) is 0.667. The van der Waals surface area contributed by atoms with Gasteiger partial charge in [-0.2, -0.15) is 0 Å². The first kappa shape index (κ1) is 11.7. The minimum atomic E-state index is 0.207. The lowest BCUT2D eigenvalue weighted by Crippen LogP contribution is -2.19. The molecule has 88 valence electrons. The molecular weight excluding hydrogens is 393 g/mol. The van der Waals surface area contributed by atoms with Crippen LogP contribution in [0, 0.1) is 3.57 Å². The predicted molar refractivity (Wildman–Crippen MR) is 81.6 cm³/mol. The first-order chi connectivity index (χ1) is 8.18. The third kappa shape index (κ3) is 1.85. The van der Waals surface area contributed by atoms with Crippen molar-refractivity contribution >= 4 is 49.4 Å². The molecule has 0 aliphatic heterocycles.